The van der Waals surface area contributed by atoms with Crippen molar-refractivity contribution < 1.29 is 23.9 Å². The van der Waals surface area contributed by atoms with E-state index in [1.54, 1.807) is 37.3 Å². The predicted octanol–water partition coefficient (Wildman–Crippen LogP) is 3.09. The molecule has 0 aliphatic carbocycles. The van der Waals surface area contributed by atoms with Gasteiger partial charge in [0.1, 0.15) is 5.70 Å². The van der Waals surface area contributed by atoms with Gasteiger partial charge in [-0.3, -0.25) is 4.79 Å². The van der Waals surface area contributed by atoms with Crippen LogP contribution in [0.2, 0.25) is 0 Å². The molecule has 0 saturated heterocycles. The first-order valence-corrected chi connectivity index (χ1v) is 9.49. The van der Waals surface area contributed by atoms with Crippen molar-refractivity contribution in [2.75, 3.05) is 33.2 Å². The minimum absolute atomic E-state index is 0.0449. The van der Waals surface area contributed by atoms with Crippen LogP contribution in [0.3, 0.4) is 0 Å². The van der Waals surface area contributed by atoms with Gasteiger partial charge in [-0.05, 0) is 41.8 Å². The molecule has 2 heterocycles. The van der Waals surface area contributed by atoms with E-state index in [4.69, 9.17) is 9.47 Å². The summed E-state index contributed by atoms with van der Waals surface area (Å²) in [5, 5.41) is 0.854. The Balaban J connectivity index is 2.13. The molecule has 0 fully saturated rings. The van der Waals surface area contributed by atoms with E-state index in [0.29, 0.717) is 10.6 Å². The molecule has 1 aliphatic heterocycles. The third-order valence-electron chi connectivity index (χ3n) is 4.28. The van der Waals surface area contributed by atoms with Crippen molar-refractivity contribution in [3.63, 3.8) is 0 Å². The van der Waals surface area contributed by atoms with Gasteiger partial charge in [-0.25, -0.2) is 9.59 Å². The van der Waals surface area contributed by atoms with Gasteiger partial charge in [-0.1, -0.05) is 6.08 Å². The van der Waals surface area contributed by atoms with Crippen molar-refractivity contribution in [3.8, 4) is 0 Å². The Labute approximate surface area is 172 Å². The van der Waals surface area contributed by atoms with Gasteiger partial charge in [-0.2, -0.15) is 0 Å². The largest absolute Gasteiger partial charge is 0.465 e. The van der Waals surface area contributed by atoms with E-state index in [0.717, 1.165) is 10.1 Å². The molecule has 7 nitrogen and oxygen atoms in total. The maximum atomic E-state index is 12.5. The second-order valence-electron chi connectivity index (χ2n) is 6.35. The molecule has 1 aromatic carbocycles. The molecule has 1 amide bonds. The summed E-state index contributed by atoms with van der Waals surface area (Å²) in [4.78, 5) is 40.7. The van der Waals surface area contributed by atoms with Crippen molar-refractivity contribution in [2.45, 2.75) is 0 Å². The normalized spacial score (nSPS) is 13.4. The summed E-state index contributed by atoms with van der Waals surface area (Å²) in [6.45, 7) is 0. The number of nitrogens with zero attached hydrogens (tertiary/aromatic N) is 2. The number of fused-ring (bicyclic) bond motifs is 1. The minimum Gasteiger partial charge on any atom is -0.465 e. The minimum atomic E-state index is -0.671. The summed E-state index contributed by atoms with van der Waals surface area (Å²) >= 11 is 1.40. The SMILES string of the molecule is COC(=O)C1=C(C(=O)OC)N(c2ccc3sc(C(=O)N(C)C)cc3c2)C=CC=C1. The molecule has 0 bridgehead atoms. The number of carbonyl (C=O) groups is 3. The number of ether oxygens (including phenoxy) is 2. The molecular weight excluding hydrogens is 392 g/mol. The van der Waals surface area contributed by atoms with Crippen LogP contribution in [0.5, 0.6) is 0 Å². The first-order valence-electron chi connectivity index (χ1n) is 8.67. The Morgan fingerprint density at radius 1 is 1.00 bits per heavy atom. The molecule has 8 heteroatoms. The van der Waals surface area contributed by atoms with Crippen molar-refractivity contribution in [1.29, 1.82) is 0 Å². The fourth-order valence-corrected chi connectivity index (χ4v) is 3.94. The van der Waals surface area contributed by atoms with Gasteiger partial charge in [-0.15, -0.1) is 11.3 Å². The number of carbonyl (C=O) groups excluding carboxylic acids is 3. The molecule has 0 unspecified atom stereocenters. The summed E-state index contributed by atoms with van der Waals surface area (Å²) in [5.41, 5.74) is 0.766. The number of methoxy groups -OCH3 is 2. The molecule has 0 saturated carbocycles. The van der Waals surface area contributed by atoms with Crippen molar-refractivity contribution >= 4 is 45.0 Å². The second-order valence-corrected chi connectivity index (χ2v) is 7.43. The Hall–Kier alpha value is -3.39. The Bertz CT molecular complexity index is 1080. The van der Waals surface area contributed by atoms with Crippen LogP contribution >= 0.6 is 11.3 Å². The molecular formula is C21H20N2O5S. The summed E-state index contributed by atoms with van der Waals surface area (Å²) in [7, 11) is 5.91. The zero-order valence-electron chi connectivity index (χ0n) is 16.5. The second kappa shape index (κ2) is 8.32. The van der Waals surface area contributed by atoms with Crippen molar-refractivity contribution in [2.24, 2.45) is 0 Å². The third-order valence-corrected chi connectivity index (χ3v) is 5.39. The number of rotatable bonds is 4. The number of anilines is 1. The van der Waals surface area contributed by atoms with E-state index < -0.39 is 11.9 Å². The van der Waals surface area contributed by atoms with Crippen LogP contribution < -0.4 is 4.90 Å². The first kappa shape index (κ1) is 20.3. The van der Waals surface area contributed by atoms with Crippen LogP contribution in [0.15, 0.2) is 60.0 Å². The predicted molar refractivity (Wildman–Crippen MR) is 112 cm³/mol. The number of benzene rings is 1. The quantitative estimate of drug-likeness (QED) is 0.719. The number of allylic oxidation sites excluding steroid dienone is 2. The summed E-state index contributed by atoms with van der Waals surface area (Å²) in [6.07, 6.45) is 6.52. The standard InChI is InChI=1S/C21H20N2O5S/c1-22(2)19(24)17-12-13-11-14(8-9-16(13)29-17)23-10-6-5-7-15(20(25)27-3)18(23)21(26)28-4/h5-12H,1-4H3. The third kappa shape index (κ3) is 3.93. The topological polar surface area (TPSA) is 76.2 Å². The number of amides is 1. The lowest BCUT2D eigenvalue weighted by Crippen LogP contribution is -2.26. The highest BCUT2D eigenvalue weighted by Crippen LogP contribution is 2.33. The number of thiophene rings is 1. The monoisotopic (exact) mass is 412 g/mol. The van der Waals surface area contributed by atoms with E-state index in [-0.39, 0.29) is 17.2 Å². The lowest BCUT2D eigenvalue weighted by Gasteiger charge is -2.23. The smallest absolute Gasteiger partial charge is 0.355 e. The molecule has 29 heavy (non-hydrogen) atoms. The van der Waals surface area contributed by atoms with Crippen molar-refractivity contribution in [3.05, 3.63) is 64.8 Å². The molecule has 0 N–H and O–H groups in total. The maximum absolute atomic E-state index is 12.5. The van der Waals surface area contributed by atoms with E-state index in [1.807, 2.05) is 24.3 Å². The highest BCUT2D eigenvalue weighted by molar-refractivity contribution is 7.20. The molecule has 0 atom stereocenters. The van der Waals surface area contributed by atoms with Gasteiger partial charge >= 0.3 is 11.9 Å². The number of hydrogen-bond donors (Lipinski definition) is 0. The Morgan fingerprint density at radius 2 is 1.72 bits per heavy atom. The van der Waals surface area contributed by atoms with Crippen LogP contribution in [0.4, 0.5) is 5.69 Å². The summed E-state index contributed by atoms with van der Waals surface area (Å²) in [5.74, 6) is -1.39. The van der Waals surface area contributed by atoms with E-state index >= 15 is 0 Å². The van der Waals surface area contributed by atoms with Gasteiger partial charge < -0.3 is 19.3 Å². The Morgan fingerprint density at radius 3 is 2.38 bits per heavy atom. The van der Waals surface area contributed by atoms with Crippen LogP contribution in [0.25, 0.3) is 10.1 Å². The lowest BCUT2D eigenvalue weighted by molar-refractivity contribution is -0.139. The van der Waals surface area contributed by atoms with Gasteiger partial charge in [0, 0.05) is 30.7 Å². The zero-order chi connectivity index (χ0) is 21.1. The number of esters is 2. The molecule has 2 aromatic rings. The van der Waals surface area contributed by atoms with Crippen molar-refractivity contribution in [1.82, 2.24) is 4.90 Å². The van der Waals surface area contributed by atoms with Gasteiger partial charge in [0.2, 0.25) is 0 Å². The van der Waals surface area contributed by atoms with Gasteiger partial charge in [0.05, 0.1) is 24.7 Å². The number of hydrogen-bond acceptors (Lipinski definition) is 7. The fraction of sp³-hybridized carbons (Fsp3) is 0.190. The lowest BCUT2D eigenvalue weighted by atomic mass is 10.1. The summed E-state index contributed by atoms with van der Waals surface area (Å²) < 4.78 is 10.7. The van der Waals surface area contributed by atoms with Gasteiger partial charge in [0.25, 0.3) is 5.91 Å². The molecule has 1 aromatic heterocycles. The van der Waals surface area contributed by atoms with Crippen LogP contribution in [0.1, 0.15) is 9.67 Å². The fourth-order valence-electron chi connectivity index (χ4n) is 2.87. The maximum Gasteiger partial charge on any atom is 0.355 e. The molecule has 3 rings (SSSR count). The zero-order valence-corrected chi connectivity index (χ0v) is 17.3. The van der Waals surface area contributed by atoms with E-state index in [9.17, 15) is 14.4 Å². The molecule has 1 aliphatic rings. The van der Waals surface area contributed by atoms with Crippen LogP contribution in [-0.2, 0) is 19.1 Å². The summed E-state index contributed by atoms with van der Waals surface area (Å²) in [6, 6.07) is 7.36. The molecule has 0 radical (unpaired) electrons. The highest BCUT2D eigenvalue weighted by Gasteiger charge is 2.27. The van der Waals surface area contributed by atoms with Crippen LogP contribution in [0, 0.1) is 0 Å². The first-order chi connectivity index (χ1) is 13.9. The average molecular weight is 412 g/mol. The molecule has 150 valence electrons. The highest BCUT2D eigenvalue weighted by atomic mass is 32.1. The van der Waals surface area contributed by atoms with Gasteiger partial charge in [0.15, 0.2) is 0 Å². The van der Waals surface area contributed by atoms with E-state index in [1.165, 1.54) is 36.5 Å². The average Bonchev–Trinajstić information content (AvgIpc) is 3.02. The Kier molecular flexibility index (Phi) is 5.84. The van der Waals surface area contributed by atoms with Crippen LogP contribution in [-0.4, -0.2) is 51.1 Å². The molecule has 0 spiro atoms. The van der Waals surface area contributed by atoms with E-state index in [2.05, 4.69) is 0 Å².